The number of rotatable bonds is 2. The average Bonchev–Trinajstić information content (AvgIpc) is 1.61. The lowest BCUT2D eigenvalue weighted by Gasteiger charge is -1.68. The molecular weight excluding hydrogens is 86.0 g/mol. The topological polar surface area (TPSA) is 0 Å². The Balaban J connectivity index is 2.73. The van der Waals surface area contributed by atoms with Crippen LogP contribution in [0.2, 0.25) is 0 Å². The molecule has 0 nitrogen and oxygen atoms in total. The second kappa shape index (κ2) is 4.60. The molecule has 36 valence electrons. The van der Waals surface area contributed by atoms with E-state index in [1.807, 2.05) is 0 Å². The van der Waals surface area contributed by atoms with E-state index in [-0.39, 0.29) is 0 Å². The quantitative estimate of drug-likeness (QED) is 0.452. The molecule has 0 unspecified atom stereocenters. The molecule has 0 radical (unpaired) electrons. The van der Waals surface area contributed by atoms with Crippen LogP contribution in [0.1, 0.15) is 0 Å². The van der Waals surface area contributed by atoms with Crippen LogP contribution in [0.15, 0.2) is 12.2 Å². The molecule has 0 amide bonds. The van der Waals surface area contributed by atoms with Gasteiger partial charge in [0.25, 0.3) is 0 Å². The Morgan fingerprint density at radius 1 is 1.00 bits per heavy atom. The monoisotopic (exact) mass is 92.0 g/mol. The molecule has 0 fully saturated rings. The Morgan fingerprint density at radius 2 is 1.33 bits per heavy atom. The second-order valence-electron chi connectivity index (χ2n) is 0.780. The van der Waals surface area contributed by atoms with Crippen molar-refractivity contribution < 1.29 is 8.78 Å². The first kappa shape index (κ1) is 5.60. The van der Waals surface area contributed by atoms with Crippen LogP contribution in [-0.2, 0) is 0 Å². The van der Waals surface area contributed by atoms with E-state index >= 15 is 0 Å². The molecule has 0 bridgehead atoms. The van der Waals surface area contributed by atoms with E-state index in [1.165, 1.54) is 0 Å². The van der Waals surface area contributed by atoms with Gasteiger partial charge in [-0.15, -0.1) is 0 Å². The van der Waals surface area contributed by atoms with Gasteiger partial charge < -0.3 is 0 Å². The van der Waals surface area contributed by atoms with Crippen LogP contribution in [0.25, 0.3) is 0 Å². The molecule has 0 rings (SSSR count). The summed E-state index contributed by atoms with van der Waals surface area (Å²) in [5.74, 6) is 0. The van der Waals surface area contributed by atoms with Gasteiger partial charge >= 0.3 is 0 Å². The molecule has 0 saturated carbocycles. The number of halogens is 2. The summed E-state index contributed by atoms with van der Waals surface area (Å²) in [6, 6.07) is 0. The fourth-order valence-corrected chi connectivity index (χ4v) is 0.126. The van der Waals surface area contributed by atoms with Crippen molar-refractivity contribution in [1.29, 1.82) is 0 Å². The molecule has 0 heterocycles. The van der Waals surface area contributed by atoms with E-state index in [2.05, 4.69) is 0 Å². The van der Waals surface area contributed by atoms with Crippen molar-refractivity contribution in [3.63, 3.8) is 0 Å². The highest BCUT2D eigenvalue weighted by molar-refractivity contribution is 4.79. The Bertz CT molecular complexity index is 34.8. The predicted molar refractivity (Wildman–Crippen MR) is 21.1 cm³/mol. The lowest BCUT2D eigenvalue weighted by atomic mass is 10.6. The van der Waals surface area contributed by atoms with Crippen molar-refractivity contribution in [3.05, 3.63) is 12.2 Å². The van der Waals surface area contributed by atoms with E-state index < -0.39 is 13.3 Å². The van der Waals surface area contributed by atoms with Gasteiger partial charge in [-0.05, 0) is 0 Å². The SMILES string of the molecule is FC/C=C/CF. The number of alkyl halides is 2. The first-order valence-corrected chi connectivity index (χ1v) is 1.68. The maximum atomic E-state index is 10.9. The summed E-state index contributed by atoms with van der Waals surface area (Å²) >= 11 is 0. The Kier molecular flexibility index (Phi) is 4.29. The largest absolute Gasteiger partial charge is 0.247 e. The van der Waals surface area contributed by atoms with Gasteiger partial charge in [-0.2, -0.15) is 0 Å². The minimum absolute atomic E-state index is 0.566. The molecule has 0 N–H and O–H groups in total. The second-order valence-corrected chi connectivity index (χ2v) is 0.780. The normalized spacial score (nSPS) is 10.3. The smallest absolute Gasteiger partial charge is 0.108 e. The highest BCUT2D eigenvalue weighted by Gasteiger charge is 1.65. The Hall–Kier alpha value is -0.400. The van der Waals surface area contributed by atoms with Gasteiger partial charge in [-0.25, -0.2) is 8.78 Å². The van der Waals surface area contributed by atoms with Crippen LogP contribution in [0.4, 0.5) is 8.78 Å². The van der Waals surface area contributed by atoms with Crippen LogP contribution >= 0.6 is 0 Å². The minimum atomic E-state index is -0.566. The molecule has 0 spiro atoms. The van der Waals surface area contributed by atoms with Gasteiger partial charge in [0.05, 0.1) is 0 Å². The Labute approximate surface area is 35.5 Å². The first-order chi connectivity index (χ1) is 2.91. The molecule has 0 saturated heterocycles. The summed E-state index contributed by atoms with van der Waals surface area (Å²) in [5.41, 5.74) is 0. The van der Waals surface area contributed by atoms with Crippen molar-refractivity contribution in [2.45, 2.75) is 0 Å². The molecule has 0 aliphatic heterocycles. The zero-order valence-electron chi connectivity index (χ0n) is 3.32. The van der Waals surface area contributed by atoms with Crippen molar-refractivity contribution in [3.8, 4) is 0 Å². The summed E-state index contributed by atoms with van der Waals surface area (Å²) < 4.78 is 21.9. The fourth-order valence-electron chi connectivity index (χ4n) is 0.126. The van der Waals surface area contributed by atoms with E-state index in [4.69, 9.17) is 0 Å². The van der Waals surface area contributed by atoms with Gasteiger partial charge in [0, 0.05) is 0 Å². The van der Waals surface area contributed by atoms with Crippen LogP contribution in [-0.4, -0.2) is 13.3 Å². The van der Waals surface area contributed by atoms with Crippen LogP contribution in [0.5, 0.6) is 0 Å². The van der Waals surface area contributed by atoms with E-state index in [0.29, 0.717) is 0 Å². The van der Waals surface area contributed by atoms with Crippen LogP contribution < -0.4 is 0 Å². The van der Waals surface area contributed by atoms with E-state index in [1.54, 1.807) is 0 Å². The van der Waals surface area contributed by atoms with Gasteiger partial charge in [-0.1, -0.05) is 12.2 Å². The van der Waals surface area contributed by atoms with Gasteiger partial charge in [0.2, 0.25) is 0 Å². The van der Waals surface area contributed by atoms with Crippen LogP contribution in [0.3, 0.4) is 0 Å². The van der Waals surface area contributed by atoms with Crippen molar-refractivity contribution in [1.82, 2.24) is 0 Å². The number of hydrogen-bond donors (Lipinski definition) is 0. The zero-order chi connectivity index (χ0) is 4.83. The molecule has 0 atom stereocenters. The predicted octanol–water partition coefficient (Wildman–Crippen LogP) is 1.48. The summed E-state index contributed by atoms with van der Waals surface area (Å²) in [7, 11) is 0. The highest BCUT2D eigenvalue weighted by Crippen LogP contribution is 1.73. The van der Waals surface area contributed by atoms with Crippen LogP contribution in [0, 0.1) is 0 Å². The van der Waals surface area contributed by atoms with Crippen molar-refractivity contribution in [2.24, 2.45) is 0 Å². The standard InChI is InChI=1S/C4H6F2/c5-3-1-2-4-6/h1-2H,3-4H2/b2-1+. The zero-order valence-corrected chi connectivity index (χ0v) is 3.32. The lowest BCUT2D eigenvalue weighted by molar-refractivity contribution is 0.543. The van der Waals surface area contributed by atoms with Gasteiger partial charge in [0.15, 0.2) is 0 Å². The Morgan fingerprint density at radius 3 is 1.50 bits per heavy atom. The number of hydrogen-bond acceptors (Lipinski definition) is 0. The van der Waals surface area contributed by atoms with Crippen molar-refractivity contribution >= 4 is 0 Å². The summed E-state index contributed by atoms with van der Waals surface area (Å²) in [4.78, 5) is 0. The number of allylic oxidation sites excluding steroid dienone is 2. The molecule has 6 heavy (non-hydrogen) atoms. The molecule has 0 aromatic rings. The third-order valence-electron chi connectivity index (χ3n) is 0.345. The molecule has 0 aliphatic rings. The maximum absolute atomic E-state index is 10.9. The van der Waals surface area contributed by atoms with Gasteiger partial charge in [0.1, 0.15) is 13.3 Å². The minimum Gasteiger partial charge on any atom is -0.247 e. The third-order valence-corrected chi connectivity index (χ3v) is 0.345. The summed E-state index contributed by atoms with van der Waals surface area (Å²) in [6.07, 6.45) is 2.28. The molecular formula is C4H6F2. The van der Waals surface area contributed by atoms with E-state index in [0.717, 1.165) is 12.2 Å². The lowest BCUT2D eigenvalue weighted by Crippen LogP contribution is -1.62. The fraction of sp³-hybridized carbons (Fsp3) is 0.500. The average molecular weight is 92.1 g/mol. The molecule has 0 aromatic carbocycles. The van der Waals surface area contributed by atoms with Gasteiger partial charge in [-0.3, -0.25) is 0 Å². The van der Waals surface area contributed by atoms with E-state index in [9.17, 15) is 8.78 Å². The summed E-state index contributed by atoms with van der Waals surface area (Å²) in [6.45, 7) is -1.13. The highest BCUT2D eigenvalue weighted by atomic mass is 19.1. The summed E-state index contributed by atoms with van der Waals surface area (Å²) in [5, 5.41) is 0. The molecule has 2 heteroatoms. The maximum Gasteiger partial charge on any atom is 0.108 e. The van der Waals surface area contributed by atoms with Crippen molar-refractivity contribution in [2.75, 3.05) is 13.3 Å². The molecule has 0 aliphatic carbocycles. The first-order valence-electron chi connectivity index (χ1n) is 1.68. The third kappa shape index (κ3) is 3.60. The molecule has 0 aromatic heterocycles.